The average Bonchev–Trinajstić information content (AvgIpc) is 3.51. The van der Waals surface area contributed by atoms with E-state index in [2.05, 4.69) is 40.3 Å². The van der Waals surface area contributed by atoms with Gasteiger partial charge >= 0.3 is 12.0 Å². The third kappa shape index (κ3) is 4.33. The van der Waals surface area contributed by atoms with E-state index in [0.717, 1.165) is 24.1 Å². The number of hydrogen-bond acceptors (Lipinski definition) is 4. The quantitative estimate of drug-likeness (QED) is 0.309. The van der Waals surface area contributed by atoms with Gasteiger partial charge in [0.15, 0.2) is 0 Å². The van der Waals surface area contributed by atoms with Crippen LogP contribution in [0, 0.1) is 0 Å². The minimum Gasteiger partial charge on any atom is -0.462 e. The molecule has 0 fully saturated rings. The Labute approximate surface area is 220 Å². The van der Waals surface area contributed by atoms with Gasteiger partial charge in [-0.15, -0.1) is 11.3 Å². The molecular weight excluding hydrogens is 482 g/mol. The lowest BCUT2D eigenvalue weighted by molar-refractivity contribution is 0.0526. The topological polar surface area (TPSA) is 63.6 Å². The van der Waals surface area contributed by atoms with E-state index < -0.39 is 0 Å². The molecule has 1 atom stereocenters. The Bertz CT molecular complexity index is 1440. The van der Waals surface area contributed by atoms with Crippen LogP contribution < -0.4 is 5.32 Å². The number of nitrogens with one attached hydrogen (secondary N) is 1. The molecule has 7 heteroatoms. The summed E-state index contributed by atoms with van der Waals surface area (Å²) < 4.78 is 7.37. The molecule has 37 heavy (non-hydrogen) atoms. The van der Waals surface area contributed by atoms with Gasteiger partial charge in [-0.2, -0.15) is 0 Å². The molecule has 0 bridgehead atoms. The molecule has 0 radical (unpaired) electrons. The van der Waals surface area contributed by atoms with E-state index >= 15 is 0 Å². The highest BCUT2D eigenvalue weighted by Crippen LogP contribution is 2.44. The maximum atomic E-state index is 14.0. The fraction of sp³-hybridized carbons (Fsp3) is 0.267. The van der Waals surface area contributed by atoms with Crippen molar-refractivity contribution in [2.75, 3.05) is 11.9 Å². The third-order valence-corrected chi connectivity index (χ3v) is 8.54. The summed E-state index contributed by atoms with van der Waals surface area (Å²) in [6.07, 6.45) is 6.73. The van der Waals surface area contributed by atoms with Crippen LogP contribution in [0.1, 0.15) is 63.4 Å². The van der Waals surface area contributed by atoms with Crippen molar-refractivity contribution >= 4 is 29.0 Å². The number of esters is 1. The predicted molar refractivity (Wildman–Crippen MR) is 146 cm³/mol. The van der Waals surface area contributed by atoms with Crippen LogP contribution in [0.2, 0.25) is 0 Å². The van der Waals surface area contributed by atoms with Gasteiger partial charge in [-0.1, -0.05) is 30.3 Å². The smallest absolute Gasteiger partial charge is 0.338 e. The normalized spacial score (nSPS) is 16.2. The third-order valence-electron chi connectivity index (χ3n) is 7.20. The molecule has 2 aromatic heterocycles. The Hall–Kier alpha value is -3.84. The summed E-state index contributed by atoms with van der Waals surface area (Å²) in [7, 11) is 0. The van der Waals surface area contributed by atoms with Crippen LogP contribution in [0.3, 0.4) is 0 Å². The number of carbonyl (C=O) groups excluding carboxylic acids is 2. The molecule has 1 aliphatic carbocycles. The molecule has 2 amide bonds. The van der Waals surface area contributed by atoms with E-state index in [1.807, 2.05) is 34.4 Å². The number of amides is 2. The molecule has 0 saturated heterocycles. The van der Waals surface area contributed by atoms with E-state index in [9.17, 15) is 9.59 Å². The summed E-state index contributed by atoms with van der Waals surface area (Å²) in [6.45, 7) is 2.64. The van der Waals surface area contributed by atoms with Crippen molar-refractivity contribution in [3.05, 3.63) is 106 Å². The van der Waals surface area contributed by atoms with Gasteiger partial charge in [-0.05, 0) is 80.1 Å². The lowest BCUT2D eigenvalue weighted by atomic mass is 9.95. The molecule has 6 nitrogen and oxygen atoms in total. The largest absolute Gasteiger partial charge is 0.462 e. The van der Waals surface area contributed by atoms with E-state index in [1.54, 1.807) is 31.2 Å². The molecule has 4 aromatic rings. The molecular formula is C30H29N3O3S. The molecule has 3 heterocycles. The second-order valence-electron chi connectivity index (χ2n) is 9.47. The van der Waals surface area contributed by atoms with Crippen molar-refractivity contribution in [3.63, 3.8) is 0 Å². The van der Waals surface area contributed by atoms with Crippen molar-refractivity contribution in [2.45, 2.75) is 45.2 Å². The number of benzene rings is 2. The highest BCUT2D eigenvalue weighted by atomic mass is 32.1. The maximum absolute atomic E-state index is 14.0. The van der Waals surface area contributed by atoms with Crippen LogP contribution in [-0.2, 0) is 24.1 Å². The van der Waals surface area contributed by atoms with Crippen molar-refractivity contribution < 1.29 is 14.3 Å². The standard InChI is InChI=1S/C30H29N3O3S/c1-2-36-29(34)21-14-16-22(17-15-21)31-30(35)33-19-24-23-11-6-7-13-26(23)37-28(24)32-18-8-12-25(32)27(33)20-9-4-3-5-10-20/h3-5,8-10,12,14-18,27H,2,6-7,11,13,19H2,1H3,(H,31,35)/t27-/m1/s1. The number of nitrogens with zero attached hydrogens (tertiary/aromatic N) is 2. The first-order valence-corrected chi connectivity index (χ1v) is 13.7. The number of urea groups is 1. The second-order valence-corrected chi connectivity index (χ2v) is 10.6. The fourth-order valence-corrected chi connectivity index (χ4v) is 6.88. The number of carbonyl (C=O) groups is 2. The summed E-state index contributed by atoms with van der Waals surface area (Å²) in [5.41, 5.74) is 5.94. The molecule has 188 valence electrons. The number of anilines is 1. The first-order valence-electron chi connectivity index (χ1n) is 12.8. The Morgan fingerprint density at radius 2 is 1.76 bits per heavy atom. The Kier molecular flexibility index (Phi) is 6.30. The van der Waals surface area contributed by atoms with E-state index in [4.69, 9.17) is 4.74 Å². The van der Waals surface area contributed by atoms with Crippen molar-refractivity contribution in [1.29, 1.82) is 0 Å². The lowest BCUT2D eigenvalue weighted by Gasteiger charge is -2.31. The first-order chi connectivity index (χ1) is 18.1. The predicted octanol–water partition coefficient (Wildman–Crippen LogP) is 6.73. The number of ether oxygens (including phenoxy) is 1. The zero-order valence-corrected chi connectivity index (χ0v) is 21.6. The number of aryl methyl sites for hydroxylation is 1. The van der Waals surface area contributed by atoms with Crippen molar-refractivity contribution in [1.82, 2.24) is 9.47 Å². The molecule has 0 unspecified atom stereocenters. The highest BCUT2D eigenvalue weighted by molar-refractivity contribution is 7.15. The molecule has 0 saturated carbocycles. The zero-order valence-electron chi connectivity index (χ0n) is 20.8. The SMILES string of the molecule is CCOC(=O)c1ccc(NC(=O)N2Cc3c(sc4c3CCCC4)-n3cccc3[C@H]2c2ccccc2)cc1. The zero-order chi connectivity index (χ0) is 25.4. The molecule has 6 rings (SSSR count). The van der Waals surface area contributed by atoms with Crippen LogP contribution in [0.15, 0.2) is 72.9 Å². The highest BCUT2D eigenvalue weighted by Gasteiger charge is 2.36. The Balaban J connectivity index is 1.39. The molecule has 1 N–H and O–H groups in total. The maximum Gasteiger partial charge on any atom is 0.338 e. The van der Waals surface area contributed by atoms with E-state index in [-0.39, 0.29) is 18.0 Å². The van der Waals surface area contributed by atoms with Gasteiger partial charge in [0.05, 0.1) is 30.5 Å². The summed E-state index contributed by atoms with van der Waals surface area (Å²) in [4.78, 5) is 29.4. The molecule has 0 spiro atoms. The van der Waals surface area contributed by atoms with E-state index in [0.29, 0.717) is 24.4 Å². The van der Waals surface area contributed by atoms with Crippen LogP contribution in [0.25, 0.3) is 5.00 Å². The summed E-state index contributed by atoms with van der Waals surface area (Å²) >= 11 is 1.88. The van der Waals surface area contributed by atoms with Gasteiger partial charge in [0.25, 0.3) is 0 Å². The Morgan fingerprint density at radius 1 is 0.973 bits per heavy atom. The van der Waals surface area contributed by atoms with Gasteiger partial charge in [0.1, 0.15) is 5.00 Å². The van der Waals surface area contributed by atoms with Crippen molar-refractivity contribution in [3.8, 4) is 5.00 Å². The lowest BCUT2D eigenvalue weighted by Crippen LogP contribution is -2.38. The summed E-state index contributed by atoms with van der Waals surface area (Å²) in [5.74, 6) is -0.368. The van der Waals surface area contributed by atoms with Gasteiger partial charge < -0.3 is 19.5 Å². The van der Waals surface area contributed by atoms with Gasteiger partial charge in [-0.25, -0.2) is 9.59 Å². The van der Waals surface area contributed by atoms with Gasteiger partial charge in [0, 0.05) is 22.3 Å². The number of aromatic nitrogens is 1. The van der Waals surface area contributed by atoms with Crippen molar-refractivity contribution in [2.24, 2.45) is 0 Å². The van der Waals surface area contributed by atoms with E-state index in [1.165, 1.54) is 33.8 Å². The number of rotatable bonds is 4. The minimum absolute atomic E-state index is 0.172. The van der Waals surface area contributed by atoms with Crippen LogP contribution in [0.5, 0.6) is 0 Å². The monoisotopic (exact) mass is 511 g/mol. The fourth-order valence-electron chi connectivity index (χ4n) is 5.47. The number of thiophene rings is 1. The molecule has 2 aromatic carbocycles. The molecule has 2 aliphatic rings. The molecule has 1 aliphatic heterocycles. The summed E-state index contributed by atoms with van der Waals surface area (Å²) in [5, 5.41) is 4.33. The summed E-state index contributed by atoms with van der Waals surface area (Å²) in [6, 6.07) is 20.9. The first kappa shape index (κ1) is 23.6. The van der Waals surface area contributed by atoms with Gasteiger partial charge in [0.2, 0.25) is 0 Å². The van der Waals surface area contributed by atoms with Crippen LogP contribution in [-0.4, -0.2) is 28.1 Å². The second kappa shape index (κ2) is 9.90. The Morgan fingerprint density at radius 3 is 2.54 bits per heavy atom. The number of hydrogen-bond donors (Lipinski definition) is 1. The number of fused-ring (bicyclic) bond motifs is 5. The minimum atomic E-state index is -0.368. The van der Waals surface area contributed by atoms with Crippen LogP contribution >= 0.6 is 11.3 Å². The van der Waals surface area contributed by atoms with Crippen LogP contribution in [0.4, 0.5) is 10.5 Å². The average molecular weight is 512 g/mol. The van der Waals surface area contributed by atoms with Gasteiger partial charge in [-0.3, -0.25) is 0 Å².